The molecule has 1 aromatic heterocycles. The van der Waals surface area contributed by atoms with Crippen LogP contribution in [0.15, 0.2) is 36.4 Å². The third-order valence-electron chi connectivity index (χ3n) is 4.22. The molecule has 0 radical (unpaired) electrons. The topological polar surface area (TPSA) is 55.0 Å². The number of nitrogens with zero attached hydrogens (tertiary/aromatic N) is 2. The number of ether oxygens (including phenoxy) is 1. The van der Waals surface area contributed by atoms with Gasteiger partial charge in [0.15, 0.2) is 0 Å². The van der Waals surface area contributed by atoms with E-state index in [1.807, 2.05) is 29.8 Å². The number of benzene rings is 2. The summed E-state index contributed by atoms with van der Waals surface area (Å²) in [5.41, 5.74) is 3.47. The van der Waals surface area contributed by atoms with E-state index >= 15 is 0 Å². The van der Waals surface area contributed by atoms with Gasteiger partial charge in [-0.15, -0.1) is 0 Å². The molecule has 4 nitrogen and oxygen atoms in total. The first-order valence-electron chi connectivity index (χ1n) is 7.50. The molecule has 6 heteroatoms. The molecule has 0 saturated carbocycles. The van der Waals surface area contributed by atoms with Crippen LogP contribution in [0, 0.1) is 11.3 Å². The number of nitriles is 1. The van der Waals surface area contributed by atoms with E-state index in [4.69, 9.17) is 33.2 Å². The number of aryl methyl sites for hydroxylation is 1. The maximum Gasteiger partial charge on any atom is 0.339 e. The minimum atomic E-state index is -0.501. The highest BCUT2D eigenvalue weighted by atomic mass is 35.5. The van der Waals surface area contributed by atoms with Gasteiger partial charge in [0.2, 0.25) is 0 Å². The summed E-state index contributed by atoms with van der Waals surface area (Å²) in [6.07, 6.45) is 0.454. The van der Waals surface area contributed by atoms with Crippen molar-refractivity contribution in [2.24, 2.45) is 7.05 Å². The van der Waals surface area contributed by atoms with Gasteiger partial charge in [-0.25, -0.2) is 4.79 Å². The van der Waals surface area contributed by atoms with Gasteiger partial charge in [-0.3, -0.25) is 0 Å². The summed E-state index contributed by atoms with van der Waals surface area (Å²) < 4.78 is 6.75. The first-order chi connectivity index (χ1) is 12.0. The fourth-order valence-electron chi connectivity index (χ4n) is 2.83. The second kappa shape index (κ2) is 6.79. The van der Waals surface area contributed by atoms with E-state index in [0.717, 1.165) is 16.6 Å². The van der Waals surface area contributed by atoms with Gasteiger partial charge in [0.05, 0.1) is 29.3 Å². The molecule has 1 heterocycles. The molecule has 0 amide bonds. The molecule has 0 aliphatic rings. The molecule has 0 saturated heterocycles. The van der Waals surface area contributed by atoms with Gasteiger partial charge in [0.25, 0.3) is 0 Å². The highest BCUT2D eigenvalue weighted by Crippen LogP contribution is 2.32. The molecule has 2 aromatic carbocycles. The highest BCUT2D eigenvalue weighted by molar-refractivity contribution is 6.38. The van der Waals surface area contributed by atoms with Crippen molar-refractivity contribution in [2.45, 2.75) is 6.42 Å². The molecule has 0 N–H and O–H groups in total. The van der Waals surface area contributed by atoms with Crippen molar-refractivity contribution in [3.05, 3.63) is 68.8 Å². The van der Waals surface area contributed by atoms with Gasteiger partial charge in [0.1, 0.15) is 0 Å². The van der Waals surface area contributed by atoms with E-state index in [9.17, 15) is 4.79 Å². The molecule has 0 bridgehead atoms. The molecule has 0 spiro atoms. The Bertz CT molecular complexity index is 1030. The Kier molecular flexibility index (Phi) is 4.71. The molecule has 3 aromatic rings. The van der Waals surface area contributed by atoms with Gasteiger partial charge in [0, 0.05) is 29.7 Å². The zero-order chi connectivity index (χ0) is 18.1. The van der Waals surface area contributed by atoms with Crippen LogP contribution in [0.25, 0.3) is 10.9 Å². The number of esters is 1. The van der Waals surface area contributed by atoms with Crippen molar-refractivity contribution in [3.8, 4) is 6.07 Å². The Morgan fingerprint density at radius 2 is 2.00 bits per heavy atom. The van der Waals surface area contributed by atoms with Crippen LogP contribution in [0.3, 0.4) is 0 Å². The highest BCUT2D eigenvalue weighted by Gasteiger charge is 2.18. The molecule has 25 heavy (non-hydrogen) atoms. The monoisotopic (exact) mass is 372 g/mol. The molecular weight excluding hydrogens is 359 g/mol. The van der Waals surface area contributed by atoms with Gasteiger partial charge < -0.3 is 9.30 Å². The van der Waals surface area contributed by atoms with Crippen molar-refractivity contribution in [1.29, 1.82) is 5.26 Å². The van der Waals surface area contributed by atoms with E-state index < -0.39 is 5.97 Å². The van der Waals surface area contributed by atoms with Crippen LogP contribution in [0.4, 0.5) is 0 Å². The number of methoxy groups -OCH3 is 1. The Morgan fingerprint density at radius 3 is 2.68 bits per heavy atom. The van der Waals surface area contributed by atoms with Gasteiger partial charge in [-0.05, 0) is 41.3 Å². The van der Waals surface area contributed by atoms with Crippen molar-refractivity contribution in [2.75, 3.05) is 7.11 Å². The lowest BCUT2D eigenvalue weighted by Crippen LogP contribution is -2.05. The van der Waals surface area contributed by atoms with E-state index in [-0.39, 0.29) is 5.56 Å². The Labute approximate surface area is 155 Å². The minimum absolute atomic E-state index is 0.286. The van der Waals surface area contributed by atoms with Gasteiger partial charge in [-0.1, -0.05) is 29.3 Å². The largest absolute Gasteiger partial charge is 0.465 e. The summed E-state index contributed by atoms with van der Waals surface area (Å²) in [4.78, 5) is 11.8. The Balaban J connectivity index is 2.09. The van der Waals surface area contributed by atoms with Crippen LogP contribution in [0.1, 0.15) is 27.2 Å². The van der Waals surface area contributed by atoms with E-state index in [2.05, 4.69) is 6.07 Å². The second-order valence-corrected chi connectivity index (χ2v) is 6.42. The number of fused-ring (bicyclic) bond motifs is 1. The summed E-state index contributed by atoms with van der Waals surface area (Å²) in [6.45, 7) is 0. The molecule has 0 aliphatic carbocycles. The number of aromatic nitrogens is 1. The molecule has 0 unspecified atom stereocenters. The van der Waals surface area contributed by atoms with Crippen LogP contribution in [0.5, 0.6) is 0 Å². The number of carbonyl (C=O) groups is 1. The Morgan fingerprint density at radius 1 is 1.24 bits per heavy atom. The predicted octanol–water partition coefficient (Wildman–Crippen LogP) is 4.73. The van der Waals surface area contributed by atoms with Crippen molar-refractivity contribution >= 4 is 40.1 Å². The van der Waals surface area contributed by atoms with Gasteiger partial charge in [-0.2, -0.15) is 5.26 Å². The van der Waals surface area contributed by atoms with Crippen LogP contribution >= 0.6 is 23.2 Å². The molecule has 0 fully saturated rings. The molecule has 3 rings (SSSR count). The van der Waals surface area contributed by atoms with E-state index in [0.29, 0.717) is 27.6 Å². The van der Waals surface area contributed by atoms with Crippen LogP contribution in [-0.4, -0.2) is 17.6 Å². The molecule has 0 aliphatic heterocycles. The lowest BCUT2D eigenvalue weighted by atomic mass is 10.1. The summed E-state index contributed by atoms with van der Waals surface area (Å²) in [5, 5.41) is 10.9. The summed E-state index contributed by atoms with van der Waals surface area (Å²) >= 11 is 12.7. The Hall–Kier alpha value is -2.48. The average Bonchev–Trinajstić information content (AvgIpc) is 2.93. The first kappa shape index (κ1) is 17.3. The van der Waals surface area contributed by atoms with Crippen molar-refractivity contribution in [3.63, 3.8) is 0 Å². The molecule has 126 valence electrons. The van der Waals surface area contributed by atoms with Crippen LogP contribution in [0.2, 0.25) is 10.0 Å². The molecule has 0 atom stereocenters. The number of hydrogen-bond acceptors (Lipinski definition) is 3. The second-order valence-electron chi connectivity index (χ2n) is 5.64. The molecular formula is C19H14Cl2N2O2. The standard InChI is InChI=1S/C19H14Cl2N2O2/c1-23-13(8-12-4-3-11(10-22)7-17(12)23)9-15-16(20)6-5-14(18(15)21)19(24)25-2/h3-8H,9H2,1-2H3. The van der Waals surface area contributed by atoms with Crippen LogP contribution < -0.4 is 0 Å². The van der Waals surface area contributed by atoms with E-state index in [1.54, 1.807) is 18.2 Å². The summed E-state index contributed by atoms with van der Waals surface area (Å²) in [5.74, 6) is -0.501. The normalized spacial score (nSPS) is 10.7. The lowest BCUT2D eigenvalue weighted by molar-refractivity contribution is 0.0601. The van der Waals surface area contributed by atoms with Crippen molar-refractivity contribution < 1.29 is 9.53 Å². The predicted molar refractivity (Wildman–Crippen MR) is 98.2 cm³/mol. The fourth-order valence-corrected chi connectivity index (χ4v) is 3.42. The number of carbonyl (C=O) groups excluding carboxylic acids is 1. The van der Waals surface area contributed by atoms with Crippen molar-refractivity contribution in [1.82, 2.24) is 4.57 Å². The van der Waals surface area contributed by atoms with Gasteiger partial charge >= 0.3 is 5.97 Å². The number of rotatable bonds is 3. The maximum atomic E-state index is 11.8. The van der Waals surface area contributed by atoms with Crippen LogP contribution in [-0.2, 0) is 18.2 Å². The van der Waals surface area contributed by atoms with E-state index in [1.165, 1.54) is 7.11 Å². The lowest BCUT2D eigenvalue weighted by Gasteiger charge is -2.11. The number of hydrogen-bond donors (Lipinski definition) is 0. The zero-order valence-electron chi connectivity index (χ0n) is 13.6. The first-order valence-corrected chi connectivity index (χ1v) is 8.25. The smallest absolute Gasteiger partial charge is 0.339 e. The quantitative estimate of drug-likeness (QED) is 0.624. The minimum Gasteiger partial charge on any atom is -0.465 e. The third-order valence-corrected chi connectivity index (χ3v) is 5.01. The summed E-state index contributed by atoms with van der Waals surface area (Å²) in [6, 6.07) is 12.9. The summed E-state index contributed by atoms with van der Waals surface area (Å²) in [7, 11) is 3.23. The third kappa shape index (κ3) is 3.09. The average molecular weight is 373 g/mol. The SMILES string of the molecule is COC(=O)c1ccc(Cl)c(Cc2cc3ccc(C#N)cc3n2C)c1Cl. The number of halogens is 2. The fraction of sp³-hybridized carbons (Fsp3) is 0.158. The zero-order valence-corrected chi connectivity index (χ0v) is 15.1. The maximum absolute atomic E-state index is 11.8.